The van der Waals surface area contributed by atoms with E-state index in [1.807, 2.05) is 11.7 Å². The van der Waals surface area contributed by atoms with E-state index in [2.05, 4.69) is 41.1 Å². The summed E-state index contributed by atoms with van der Waals surface area (Å²) in [6.45, 7) is 3.50. The lowest BCUT2D eigenvalue weighted by Gasteiger charge is -2.24. The molecule has 0 unspecified atom stereocenters. The molecule has 3 heteroatoms. The molecule has 1 aromatic heterocycles. The zero-order valence-corrected chi connectivity index (χ0v) is 10.8. The molecule has 1 saturated heterocycles. The molecular formula is C14H16N2S. The van der Waals surface area contributed by atoms with Crippen LogP contribution >= 0.6 is 11.3 Å². The topological polar surface area (TPSA) is 16.1 Å². The molecule has 0 radical (unpaired) electrons. The van der Waals surface area contributed by atoms with Gasteiger partial charge in [-0.05, 0) is 37.5 Å². The molecule has 0 spiro atoms. The maximum atomic E-state index is 4.15. The molecule has 0 aliphatic carbocycles. The number of hydrogen-bond donors (Lipinski definition) is 0. The van der Waals surface area contributed by atoms with Crippen molar-refractivity contribution >= 4 is 17.0 Å². The molecule has 2 heterocycles. The van der Waals surface area contributed by atoms with Crippen LogP contribution in [0.4, 0.5) is 5.69 Å². The lowest BCUT2D eigenvalue weighted by atomic mass is 10.1. The highest BCUT2D eigenvalue weighted by Gasteiger charge is 2.20. The van der Waals surface area contributed by atoms with E-state index in [1.165, 1.54) is 35.5 Å². The van der Waals surface area contributed by atoms with Crippen LogP contribution in [-0.2, 0) is 0 Å². The van der Waals surface area contributed by atoms with Crippen LogP contribution in [0.3, 0.4) is 0 Å². The number of thiazole rings is 1. The van der Waals surface area contributed by atoms with Crippen LogP contribution in [0.1, 0.15) is 19.8 Å². The Morgan fingerprint density at radius 2 is 2.35 bits per heavy atom. The number of benzene rings is 1. The van der Waals surface area contributed by atoms with Crippen molar-refractivity contribution in [2.45, 2.75) is 25.8 Å². The van der Waals surface area contributed by atoms with Gasteiger partial charge in [0.25, 0.3) is 0 Å². The van der Waals surface area contributed by atoms with Gasteiger partial charge in [0.2, 0.25) is 0 Å². The van der Waals surface area contributed by atoms with Crippen LogP contribution in [0.15, 0.2) is 36.0 Å². The summed E-state index contributed by atoms with van der Waals surface area (Å²) in [4.78, 5) is 7.90. The highest BCUT2D eigenvalue weighted by atomic mass is 32.1. The van der Waals surface area contributed by atoms with E-state index >= 15 is 0 Å². The Morgan fingerprint density at radius 1 is 1.41 bits per heavy atom. The van der Waals surface area contributed by atoms with Gasteiger partial charge in [-0.25, -0.2) is 0 Å². The molecule has 3 rings (SSSR count). The fourth-order valence-electron chi connectivity index (χ4n) is 2.51. The van der Waals surface area contributed by atoms with E-state index in [0.29, 0.717) is 6.04 Å². The third-order valence-electron chi connectivity index (χ3n) is 3.45. The van der Waals surface area contributed by atoms with Gasteiger partial charge in [-0.2, -0.15) is 0 Å². The van der Waals surface area contributed by atoms with Gasteiger partial charge in [0.15, 0.2) is 0 Å². The van der Waals surface area contributed by atoms with Gasteiger partial charge in [0.05, 0.1) is 10.4 Å². The first kappa shape index (κ1) is 10.8. The number of nitrogens with zero attached hydrogens (tertiary/aromatic N) is 2. The lowest BCUT2D eigenvalue weighted by Crippen LogP contribution is -2.26. The van der Waals surface area contributed by atoms with Crippen LogP contribution in [0.25, 0.3) is 10.4 Å². The van der Waals surface area contributed by atoms with Crippen molar-refractivity contribution in [3.63, 3.8) is 0 Å². The summed E-state index contributed by atoms with van der Waals surface area (Å²) in [5, 5.41) is 0. The predicted molar refractivity (Wildman–Crippen MR) is 73.6 cm³/mol. The van der Waals surface area contributed by atoms with E-state index in [-0.39, 0.29) is 0 Å². The monoisotopic (exact) mass is 244 g/mol. The second-order valence-electron chi connectivity index (χ2n) is 4.60. The lowest BCUT2D eigenvalue weighted by molar-refractivity contribution is 0.735. The minimum Gasteiger partial charge on any atom is -0.369 e. The van der Waals surface area contributed by atoms with Crippen molar-refractivity contribution in [3.05, 3.63) is 36.0 Å². The number of hydrogen-bond acceptors (Lipinski definition) is 3. The first-order valence-electron chi connectivity index (χ1n) is 6.10. The number of anilines is 1. The smallest absolute Gasteiger partial charge is 0.0797 e. The van der Waals surface area contributed by atoms with Crippen LogP contribution < -0.4 is 4.90 Å². The van der Waals surface area contributed by atoms with E-state index in [0.717, 1.165) is 0 Å². The van der Waals surface area contributed by atoms with Crippen molar-refractivity contribution in [2.24, 2.45) is 0 Å². The maximum Gasteiger partial charge on any atom is 0.0797 e. The largest absolute Gasteiger partial charge is 0.369 e. The van der Waals surface area contributed by atoms with Crippen molar-refractivity contribution in [3.8, 4) is 10.4 Å². The van der Waals surface area contributed by atoms with Crippen LogP contribution in [0, 0.1) is 0 Å². The second kappa shape index (κ2) is 4.49. The molecule has 0 bridgehead atoms. The Kier molecular flexibility index (Phi) is 2.85. The van der Waals surface area contributed by atoms with Gasteiger partial charge in [-0.1, -0.05) is 12.1 Å². The molecule has 1 aliphatic rings. The summed E-state index contributed by atoms with van der Waals surface area (Å²) in [6, 6.07) is 9.49. The Bertz CT molecular complexity index is 493. The normalized spacial score (nSPS) is 19.8. The zero-order chi connectivity index (χ0) is 11.7. The second-order valence-corrected chi connectivity index (χ2v) is 5.49. The molecule has 0 saturated carbocycles. The maximum absolute atomic E-state index is 4.15. The standard InChI is InChI=1S/C14H16N2S/c1-11-4-3-7-16(11)13-6-2-5-12(8-13)14-9-15-10-17-14/h2,5-6,8-11H,3-4,7H2,1H3/t11-/m0/s1. The van der Waals surface area contributed by atoms with Crippen LogP contribution in [0.2, 0.25) is 0 Å². The fourth-order valence-corrected chi connectivity index (χ4v) is 3.13. The third-order valence-corrected chi connectivity index (χ3v) is 4.27. The van der Waals surface area contributed by atoms with Crippen molar-refractivity contribution in [1.29, 1.82) is 0 Å². The van der Waals surface area contributed by atoms with Crippen molar-refractivity contribution < 1.29 is 0 Å². The molecular weight excluding hydrogens is 228 g/mol. The molecule has 2 nitrogen and oxygen atoms in total. The van der Waals surface area contributed by atoms with Gasteiger partial charge >= 0.3 is 0 Å². The minimum absolute atomic E-state index is 0.673. The summed E-state index contributed by atoms with van der Waals surface area (Å²) in [6.07, 6.45) is 4.56. The highest BCUT2D eigenvalue weighted by molar-refractivity contribution is 7.13. The minimum atomic E-state index is 0.673. The Labute approximate surface area is 106 Å². The molecule has 1 fully saturated rings. The summed E-state index contributed by atoms with van der Waals surface area (Å²) < 4.78 is 0. The predicted octanol–water partition coefficient (Wildman–Crippen LogP) is 3.80. The van der Waals surface area contributed by atoms with Crippen LogP contribution in [-0.4, -0.2) is 17.6 Å². The van der Waals surface area contributed by atoms with E-state index in [9.17, 15) is 0 Å². The molecule has 2 aromatic rings. The van der Waals surface area contributed by atoms with Gasteiger partial charge in [-0.15, -0.1) is 11.3 Å². The summed E-state index contributed by atoms with van der Waals surface area (Å²) in [5.74, 6) is 0. The SMILES string of the molecule is C[C@H]1CCCN1c1cccc(-c2cncs2)c1. The van der Waals surface area contributed by atoms with E-state index in [4.69, 9.17) is 0 Å². The zero-order valence-electron chi connectivity index (χ0n) is 9.97. The molecule has 1 aliphatic heterocycles. The Balaban J connectivity index is 1.94. The number of rotatable bonds is 2. The summed E-state index contributed by atoms with van der Waals surface area (Å²) >= 11 is 1.70. The molecule has 88 valence electrons. The van der Waals surface area contributed by atoms with E-state index < -0.39 is 0 Å². The first-order valence-corrected chi connectivity index (χ1v) is 6.98. The summed E-state index contributed by atoms with van der Waals surface area (Å²) in [5.41, 5.74) is 4.52. The van der Waals surface area contributed by atoms with Gasteiger partial charge < -0.3 is 4.90 Å². The van der Waals surface area contributed by atoms with Crippen molar-refractivity contribution in [2.75, 3.05) is 11.4 Å². The number of aromatic nitrogens is 1. The van der Waals surface area contributed by atoms with Gasteiger partial charge in [-0.3, -0.25) is 4.98 Å². The van der Waals surface area contributed by atoms with Gasteiger partial charge in [0, 0.05) is 24.5 Å². The third kappa shape index (κ3) is 2.07. The quantitative estimate of drug-likeness (QED) is 0.799. The summed E-state index contributed by atoms with van der Waals surface area (Å²) in [7, 11) is 0. The van der Waals surface area contributed by atoms with Gasteiger partial charge in [0.1, 0.15) is 0 Å². The van der Waals surface area contributed by atoms with Crippen LogP contribution in [0.5, 0.6) is 0 Å². The van der Waals surface area contributed by atoms with Crippen molar-refractivity contribution in [1.82, 2.24) is 4.98 Å². The Hall–Kier alpha value is -1.35. The average Bonchev–Trinajstić information content (AvgIpc) is 2.99. The van der Waals surface area contributed by atoms with E-state index in [1.54, 1.807) is 11.3 Å². The Morgan fingerprint density at radius 3 is 3.06 bits per heavy atom. The molecule has 0 N–H and O–H groups in total. The molecule has 1 aromatic carbocycles. The first-order chi connectivity index (χ1) is 8.34. The highest BCUT2D eigenvalue weighted by Crippen LogP contribution is 2.30. The molecule has 0 amide bonds. The fraction of sp³-hybridized carbons (Fsp3) is 0.357. The molecule has 1 atom stereocenters. The average molecular weight is 244 g/mol. The molecule has 17 heavy (non-hydrogen) atoms.